The Hall–Kier alpha value is -0.850. The van der Waals surface area contributed by atoms with Crippen LogP contribution in [0.25, 0.3) is 0 Å². The van der Waals surface area contributed by atoms with Crippen molar-refractivity contribution >= 4 is 11.3 Å². The van der Waals surface area contributed by atoms with Gasteiger partial charge in [-0.1, -0.05) is 0 Å². The summed E-state index contributed by atoms with van der Waals surface area (Å²) in [6.07, 6.45) is 1.12. The molecule has 2 nitrogen and oxygen atoms in total. The summed E-state index contributed by atoms with van der Waals surface area (Å²) in [5.74, 6) is 1.48. The number of fused-ring (bicyclic) bond motifs is 3. The standard InChI is InChI=1S/C10H10N2S/c11-2-7-5-13-10-8(7)1-6-3-12-4-9(6)10/h5-6,9,12H,1,3-4H2. The lowest BCUT2D eigenvalue weighted by atomic mass is 10.0. The summed E-state index contributed by atoms with van der Waals surface area (Å²) in [6, 6.07) is 2.29. The molecule has 1 N–H and O–H groups in total. The van der Waals surface area contributed by atoms with Crippen LogP contribution < -0.4 is 5.32 Å². The smallest absolute Gasteiger partial charge is 0.100 e. The van der Waals surface area contributed by atoms with E-state index in [-0.39, 0.29) is 0 Å². The van der Waals surface area contributed by atoms with E-state index in [0.717, 1.165) is 31.0 Å². The molecule has 2 atom stereocenters. The van der Waals surface area contributed by atoms with Crippen LogP contribution in [-0.4, -0.2) is 13.1 Å². The fourth-order valence-corrected chi connectivity index (χ4v) is 3.76. The molecule has 1 aromatic rings. The summed E-state index contributed by atoms with van der Waals surface area (Å²) in [5.41, 5.74) is 2.28. The Balaban J connectivity index is 2.09. The van der Waals surface area contributed by atoms with Crippen molar-refractivity contribution in [3.63, 3.8) is 0 Å². The number of nitrogens with zero attached hydrogens (tertiary/aromatic N) is 1. The Labute approximate surface area is 81.2 Å². The van der Waals surface area contributed by atoms with Crippen LogP contribution in [-0.2, 0) is 6.42 Å². The minimum atomic E-state index is 0.710. The normalized spacial score (nSPS) is 29.8. The van der Waals surface area contributed by atoms with Crippen molar-refractivity contribution in [1.29, 1.82) is 5.26 Å². The molecule has 0 spiro atoms. The van der Waals surface area contributed by atoms with E-state index >= 15 is 0 Å². The van der Waals surface area contributed by atoms with E-state index in [2.05, 4.69) is 11.4 Å². The molecule has 0 aromatic carbocycles. The van der Waals surface area contributed by atoms with E-state index < -0.39 is 0 Å². The highest BCUT2D eigenvalue weighted by Crippen LogP contribution is 2.44. The third-order valence-corrected chi connectivity index (χ3v) is 4.35. The van der Waals surface area contributed by atoms with Crippen molar-refractivity contribution < 1.29 is 0 Å². The van der Waals surface area contributed by atoms with Crippen LogP contribution in [0.5, 0.6) is 0 Å². The molecule has 0 saturated carbocycles. The third kappa shape index (κ3) is 0.903. The van der Waals surface area contributed by atoms with Crippen LogP contribution in [0, 0.1) is 17.2 Å². The number of thiophene rings is 1. The molecule has 2 heterocycles. The topological polar surface area (TPSA) is 35.8 Å². The van der Waals surface area contributed by atoms with Crippen LogP contribution in [0.2, 0.25) is 0 Å². The van der Waals surface area contributed by atoms with E-state index in [1.165, 1.54) is 10.4 Å². The Bertz CT molecular complexity index is 388. The SMILES string of the molecule is N#Cc1csc2c1CC1CNCC21. The van der Waals surface area contributed by atoms with Gasteiger partial charge in [0.05, 0.1) is 5.56 Å². The van der Waals surface area contributed by atoms with Gasteiger partial charge >= 0.3 is 0 Å². The highest BCUT2D eigenvalue weighted by Gasteiger charge is 2.38. The molecule has 3 rings (SSSR count). The van der Waals surface area contributed by atoms with Gasteiger partial charge in [-0.3, -0.25) is 0 Å². The first kappa shape index (κ1) is 7.54. The highest BCUT2D eigenvalue weighted by molar-refractivity contribution is 7.10. The first-order chi connectivity index (χ1) is 6.40. The largest absolute Gasteiger partial charge is 0.316 e. The molecular formula is C10H10N2S. The number of hydrogen-bond acceptors (Lipinski definition) is 3. The summed E-state index contributed by atoms with van der Waals surface area (Å²) >= 11 is 1.78. The third-order valence-electron chi connectivity index (χ3n) is 3.19. The molecule has 0 radical (unpaired) electrons. The van der Waals surface area contributed by atoms with Gasteiger partial charge in [0.1, 0.15) is 6.07 Å². The average Bonchev–Trinajstić information content (AvgIpc) is 2.72. The van der Waals surface area contributed by atoms with Gasteiger partial charge in [0.2, 0.25) is 0 Å². The molecular weight excluding hydrogens is 180 g/mol. The fourth-order valence-electron chi connectivity index (χ4n) is 2.53. The molecule has 3 heteroatoms. The van der Waals surface area contributed by atoms with Crippen molar-refractivity contribution in [1.82, 2.24) is 5.32 Å². The van der Waals surface area contributed by atoms with Crippen LogP contribution in [0.4, 0.5) is 0 Å². The zero-order valence-corrected chi connectivity index (χ0v) is 8.03. The predicted molar refractivity (Wildman–Crippen MR) is 51.8 cm³/mol. The molecule has 1 aromatic heterocycles. The minimum absolute atomic E-state index is 0.710. The van der Waals surface area contributed by atoms with Gasteiger partial charge in [0.25, 0.3) is 0 Å². The van der Waals surface area contributed by atoms with Crippen molar-refractivity contribution in [3.05, 3.63) is 21.4 Å². The van der Waals surface area contributed by atoms with Crippen molar-refractivity contribution in [2.75, 3.05) is 13.1 Å². The van der Waals surface area contributed by atoms with Gasteiger partial charge in [-0.25, -0.2) is 0 Å². The molecule has 1 fully saturated rings. The van der Waals surface area contributed by atoms with E-state index in [1.807, 2.05) is 5.38 Å². The molecule has 1 aliphatic heterocycles. The van der Waals surface area contributed by atoms with E-state index in [0.29, 0.717) is 5.92 Å². The second-order valence-corrected chi connectivity index (χ2v) is 4.74. The van der Waals surface area contributed by atoms with Crippen LogP contribution in [0.1, 0.15) is 21.9 Å². The van der Waals surface area contributed by atoms with Crippen LogP contribution >= 0.6 is 11.3 Å². The number of nitrogens with one attached hydrogen (secondary N) is 1. The summed E-state index contributed by atoms with van der Waals surface area (Å²) in [4.78, 5) is 1.48. The lowest BCUT2D eigenvalue weighted by molar-refractivity contribution is 0.566. The number of nitriles is 1. The quantitative estimate of drug-likeness (QED) is 0.672. The Morgan fingerprint density at radius 1 is 1.54 bits per heavy atom. The van der Waals surface area contributed by atoms with Crippen molar-refractivity contribution in [3.8, 4) is 6.07 Å². The maximum Gasteiger partial charge on any atom is 0.100 e. The fraction of sp³-hybridized carbons (Fsp3) is 0.500. The lowest BCUT2D eigenvalue weighted by Crippen LogP contribution is -2.10. The van der Waals surface area contributed by atoms with E-state index in [1.54, 1.807) is 11.3 Å². The van der Waals surface area contributed by atoms with Gasteiger partial charge < -0.3 is 5.32 Å². The molecule has 1 saturated heterocycles. The Kier molecular flexibility index (Phi) is 1.49. The van der Waals surface area contributed by atoms with E-state index in [9.17, 15) is 0 Å². The van der Waals surface area contributed by atoms with Crippen molar-refractivity contribution in [2.45, 2.75) is 12.3 Å². The summed E-state index contributed by atoms with van der Waals surface area (Å²) in [5, 5.41) is 14.3. The predicted octanol–water partition coefficient (Wildman–Crippen LogP) is 1.48. The maximum atomic E-state index is 8.89. The van der Waals surface area contributed by atoms with Crippen LogP contribution in [0.3, 0.4) is 0 Å². The first-order valence-electron chi connectivity index (χ1n) is 4.61. The maximum absolute atomic E-state index is 8.89. The monoisotopic (exact) mass is 190 g/mol. The van der Waals surface area contributed by atoms with Crippen molar-refractivity contribution in [2.24, 2.45) is 5.92 Å². The van der Waals surface area contributed by atoms with E-state index in [4.69, 9.17) is 5.26 Å². The van der Waals surface area contributed by atoms with Gasteiger partial charge in [-0.2, -0.15) is 5.26 Å². The molecule has 13 heavy (non-hydrogen) atoms. The molecule has 2 unspecified atom stereocenters. The minimum Gasteiger partial charge on any atom is -0.316 e. The molecule has 0 amide bonds. The lowest BCUT2D eigenvalue weighted by Gasteiger charge is -2.05. The summed E-state index contributed by atoms with van der Waals surface area (Å²) in [6.45, 7) is 2.25. The summed E-state index contributed by atoms with van der Waals surface area (Å²) < 4.78 is 0. The number of rotatable bonds is 0. The molecule has 0 bridgehead atoms. The summed E-state index contributed by atoms with van der Waals surface area (Å²) in [7, 11) is 0. The van der Waals surface area contributed by atoms with Gasteiger partial charge in [0.15, 0.2) is 0 Å². The zero-order chi connectivity index (χ0) is 8.84. The Morgan fingerprint density at radius 3 is 3.31 bits per heavy atom. The highest BCUT2D eigenvalue weighted by atomic mass is 32.1. The van der Waals surface area contributed by atoms with Gasteiger partial charge in [-0.05, 0) is 24.4 Å². The number of hydrogen-bond donors (Lipinski definition) is 1. The molecule has 66 valence electrons. The zero-order valence-electron chi connectivity index (χ0n) is 7.21. The molecule has 2 aliphatic rings. The van der Waals surface area contributed by atoms with Gasteiger partial charge in [-0.15, -0.1) is 11.3 Å². The van der Waals surface area contributed by atoms with Gasteiger partial charge in [0, 0.05) is 22.7 Å². The van der Waals surface area contributed by atoms with Crippen LogP contribution in [0.15, 0.2) is 5.38 Å². The second-order valence-electron chi connectivity index (χ2n) is 3.83. The Morgan fingerprint density at radius 2 is 2.46 bits per heavy atom. The average molecular weight is 190 g/mol. The second kappa shape index (κ2) is 2.57. The first-order valence-corrected chi connectivity index (χ1v) is 5.49. The molecule has 1 aliphatic carbocycles.